The van der Waals surface area contributed by atoms with Gasteiger partial charge in [0.2, 0.25) is 0 Å². The Morgan fingerprint density at radius 3 is 2.54 bits per heavy atom. The third kappa shape index (κ3) is 5.04. The topological polar surface area (TPSA) is 54.7 Å². The summed E-state index contributed by atoms with van der Waals surface area (Å²) in [5.41, 5.74) is 1.23. The van der Waals surface area contributed by atoms with E-state index in [4.69, 9.17) is 23.8 Å². The lowest BCUT2D eigenvalue weighted by molar-refractivity contribution is -0.122. The van der Waals surface area contributed by atoms with Crippen LogP contribution in [0.3, 0.4) is 0 Å². The zero-order valence-corrected chi connectivity index (χ0v) is 21.1. The molecule has 0 atom stereocenters. The van der Waals surface area contributed by atoms with Crippen molar-refractivity contribution in [3.05, 3.63) is 110 Å². The molecule has 174 valence electrons. The molecule has 5 nitrogen and oxygen atoms in total. The number of carbonyl (C=O) groups is 1. The Balaban J connectivity index is 1.54. The molecule has 35 heavy (non-hydrogen) atoms. The Labute approximate surface area is 218 Å². The lowest BCUT2D eigenvalue weighted by Gasteiger charge is -2.14. The second kappa shape index (κ2) is 9.94. The van der Waals surface area contributed by atoms with Crippen LogP contribution in [0.2, 0.25) is 5.02 Å². The first-order chi connectivity index (χ1) is 16.9. The number of hydrogen-bond acceptors (Lipinski definition) is 6. The van der Waals surface area contributed by atoms with Crippen LogP contribution in [-0.2, 0) is 11.3 Å². The standard InChI is InChI=1S/C25H15ClFN3O2S3/c26-16-6-10-18(11-7-16)34-22-19(23(31)29-12-2-1-3-21(29)28-22)13-20-24(32)30(25(33)35-20)14-15-4-8-17(27)9-5-15/h1-13H,14H2/b20-13+. The summed E-state index contributed by atoms with van der Waals surface area (Å²) in [4.78, 5) is 33.9. The van der Waals surface area contributed by atoms with E-state index in [-0.39, 0.29) is 29.4 Å². The van der Waals surface area contributed by atoms with Crippen LogP contribution in [0, 0.1) is 5.82 Å². The van der Waals surface area contributed by atoms with Crippen molar-refractivity contribution in [2.75, 3.05) is 0 Å². The number of carbonyl (C=O) groups excluding carboxylic acids is 1. The normalized spacial score (nSPS) is 14.9. The third-order valence-corrected chi connectivity index (χ3v) is 7.81. The first-order valence-electron chi connectivity index (χ1n) is 10.3. The van der Waals surface area contributed by atoms with Crippen LogP contribution in [-0.4, -0.2) is 24.5 Å². The van der Waals surface area contributed by atoms with Crippen LogP contribution in [0.4, 0.5) is 4.39 Å². The van der Waals surface area contributed by atoms with E-state index >= 15 is 0 Å². The van der Waals surface area contributed by atoms with Crippen molar-refractivity contribution in [3.8, 4) is 0 Å². The van der Waals surface area contributed by atoms with Crippen LogP contribution >= 0.6 is 47.3 Å². The number of benzene rings is 2. The lowest BCUT2D eigenvalue weighted by Crippen LogP contribution is -2.27. The van der Waals surface area contributed by atoms with Gasteiger partial charge >= 0.3 is 0 Å². The maximum absolute atomic E-state index is 13.4. The third-order valence-electron chi connectivity index (χ3n) is 5.17. The number of nitrogens with zero attached hydrogens (tertiary/aromatic N) is 3. The second-order valence-electron chi connectivity index (χ2n) is 7.51. The van der Waals surface area contributed by atoms with Gasteiger partial charge in [0.15, 0.2) is 0 Å². The highest BCUT2D eigenvalue weighted by molar-refractivity contribution is 8.26. The monoisotopic (exact) mass is 539 g/mol. The van der Waals surface area contributed by atoms with Crippen molar-refractivity contribution in [2.45, 2.75) is 16.5 Å². The molecule has 0 spiro atoms. The van der Waals surface area contributed by atoms with Crippen molar-refractivity contribution in [3.63, 3.8) is 0 Å². The predicted octanol–water partition coefficient (Wildman–Crippen LogP) is 6.04. The number of rotatable bonds is 5. The van der Waals surface area contributed by atoms with E-state index in [1.165, 1.54) is 33.2 Å². The molecule has 1 saturated heterocycles. The Hall–Kier alpha value is -2.98. The molecule has 5 rings (SSSR count). The van der Waals surface area contributed by atoms with Crippen molar-refractivity contribution in [2.24, 2.45) is 0 Å². The number of halogens is 2. The van der Waals surface area contributed by atoms with Crippen molar-refractivity contribution < 1.29 is 9.18 Å². The molecule has 0 radical (unpaired) electrons. The maximum atomic E-state index is 13.4. The van der Waals surface area contributed by atoms with Gasteiger partial charge in [-0.05, 0) is 60.2 Å². The molecule has 0 aliphatic carbocycles. The van der Waals surface area contributed by atoms with Crippen LogP contribution < -0.4 is 5.56 Å². The van der Waals surface area contributed by atoms with Gasteiger partial charge in [-0.3, -0.25) is 18.9 Å². The molecule has 0 unspecified atom stereocenters. The summed E-state index contributed by atoms with van der Waals surface area (Å²) in [6, 6.07) is 18.4. The molecule has 1 fully saturated rings. The predicted molar refractivity (Wildman–Crippen MR) is 142 cm³/mol. The minimum atomic E-state index is -0.353. The molecule has 0 N–H and O–H groups in total. The van der Waals surface area contributed by atoms with Gasteiger partial charge in [-0.15, -0.1) is 0 Å². The van der Waals surface area contributed by atoms with Gasteiger partial charge in [-0.2, -0.15) is 0 Å². The summed E-state index contributed by atoms with van der Waals surface area (Å²) < 4.78 is 15.1. The minimum absolute atomic E-state index is 0.212. The van der Waals surface area contributed by atoms with E-state index < -0.39 is 0 Å². The summed E-state index contributed by atoms with van der Waals surface area (Å²) >= 11 is 13.9. The van der Waals surface area contributed by atoms with Crippen molar-refractivity contribution in [1.82, 2.24) is 14.3 Å². The number of thiocarbonyl (C=S) groups is 1. The number of thioether (sulfide) groups is 1. The fourth-order valence-electron chi connectivity index (χ4n) is 3.44. The van der Waals surface area contributed by atoms with Gasteiger partial charge < -0.3 is 0 Å². The smallest absolute Gasteiger partial charge is 0.266 e. The van der Waals surface area contributed by atoms with Gasteiger partial charge in [0.25, 0.3) is 11.5 Å². The second-order valence-corrected chi connectivity index (χ2v) is 10.7. The van der Waals surface area contributed by atoms with Crippen LogP contribution in [0.25, 0.3) is 11.7 Å². The van der Waals surface area contributed by atoms with E-state index in [0.717, 1.165) is 22.2 Å². The van der Waals surface area contributed by atoms with Crippen LogP contribution in [0.15, 0.2) is 92.5 Å². The van der Waals surface area contributed by atoms with Crippen molar-refractivity contribution in [1.29, 1.82) is 0 Å². The highest BCUT2D eigenvalue weighted by Gasteiger charge is 2.32. The molecule has 1 aliphatic heterocycles. The van der Waals surface area contributed by atoms with E-state index in [0.29, 0.717) is 24.9 Å². The fraction of sp³-hybridized carbons (Fsp3) is 0.0400. The first-order valence-corrected chi connectivity index (χ1v) is 12.8. The molecule has 3 heterocycles. The first kappa shape index (κ1) is 23.7. The number of fused-ring (bicyclic) bond motifs is 1. The molecular weight excluding hydrogens is 525 g/mol. The Kier molecular flexibility index (Phi) is 6.75. The SMILES string of the molecule is O=C1/C(=C\c2c(Sc3ccc(Cl)cc3)nc3ccccn3c2=O)SC(=S)N1Cc1ccc(F)cc1. The number of amides is 1. The zero-order chi connectivity index (χ0) is 24.5. The van der Waals surface area contributed by atoms with Gasteiger partial charge in [0, 0.05) is 16.1 Å². The van der Waals surface area contributed by atoms with E-state index in [1.54, 1.807) is 54.7 Å². The van der Waals surface area contributed by atoms with Crippen LogP contribution in [0.5, 0.6) is 0 Å². The number of pyridine rings is 1. The van der Waals surface area contributed by atoms with Crippen molar-refractivity contribution >= 4 is 69.3 Å². The average molecular weight is 540 g/mol. The molecule has 0 bridgehead atoms. The molecule has 1 amide bonds. The van der Waals surface area contributed by atoms with Gasteiger partial charge in [0.05, 0.1) is 17.0 Å². The van der Waals surface area contributed by atoms with Gasteiger partial charge in [-0.25, -0.2) is 9.37 Å². The quantitative estimate of drug-likeness (QED) is 0.175. The molecule has 1 aliphatic rings. The Morgan fingerprint density at radius 2 is 1.80 bits per heavy atom. The Bertz CT molecular complexity index is 1550. The molecule has 0 saturated carbocycles. The van der Waals surface area contributed by atoms with Crippen LogP contribution in [0.1, 0.15) is 11.1 Å². The lowest BCUT2D eigenvalue weighted by atomic mass is 10.2. The average Bonchev–Trinajstić information content (AvgIpc) is 3.11. The minimum Gasteiger partial charge on any atom is -0.288 e. The summed E-state index contributed by atoms with van der Waals surface area (Å²) in [5, 5.41) is 1.07. The Morgan fingerprint density at radius 1 is 1.06 bits per heavy atom. The number of aromatic nitrogens is 2. The largest absolute Gasteiger partial charge is 0.288 e. The molecule has 2 aromatic carbocycles. The molecule has 10 heteroatoms. The van der Waals surface area contributed by atoms with E-state index in [1.807, 2.05) is 12.1 Å². The van der Waals surface area contributed by atoms with Gasteiger partial charge in [-0.1, -0.05) is 65.5 Å². The summed E-state index contributed by atoms with van der Waals surface area (Å²) in [6.07, 6.45) is 3.19. The van der Waals surface area contributed by atoms with Gasteiger partial charge in [0.1, 0.15) is 20.8 Å². The molecule has 4 aromatic rings. The number of hydrogen-bond donors (Lipinski definition) is 0. The summed E-state index contributed by atoms with van der Waals surface area (Å²) in [6.45, 7) is 0.212. The summed E-state index contributed by atoms with van der Waals surface area (Å²) in [7, 11) is 0. The van der Waals surface area contributed by atoms with E-state index in [9.17, 15) is 14.0 Å². The van der Waals surface area contributed by atoms with E-state index in [2.05, 4.69) is 4.98 Å². The summed E-state index contributed by atoms with van der Waals surface area (Å²) in [5.74, 6) is -0.668. The zero-order valence-electron chi connectivity index (χ0n) is 17.9. The fourth-order valence-corrected chi connectivity index (χ4v) is 5.69. The highest BCUT2D eigenvalue weighted by atomic mass is 35.5. The molecule has 2 aromatic heterocycles. The molecular formula is C25H15ClFN3O2S3. The maximum Gasteiger partial charge on any atom is 0.266 e. The highest BCUT2D eigenvalue weighted by Crippen LogP contribution is 2.36.